The molecule has 1 amide bonds. The number of hydrogen-bond acceptors (Lipinski definition) is 4. The molecule has 0 radical (unpaired) electrons. The normalized spacial score (nSPS) is 12.5. The minimum absolute atomic E-state index is 0.0215. The van der Waals surface area contributed by atoms with E-state index in [1.165, 1.54) is 96.3 Å². The zero-order chi connectivity index (χ0) is 37.3. The van der Waals surface area contributed by atoms with Crippen LogP contribution in [0.2, 0.25) is 0 Å². The van der Waals surface area contributed by atoms with Crippen molar-refractivity contribution in [1.29, 1.82) is 0 Å². The lowest BCUT2D eigenvalue weighted by Gasteiger charge is -2.18. The third kappa shape index (κ3) is 40.0. The van der Waals surface area contributed by atoms with Crippen molar-refractivity contribution in [1.82, 2.24) is 5.32 Å². The van der Waals surface area contributed by atoms with Crippen molar-refractivity contribution in [2.45, 2.75) is 213 Å². The number of rotatable bonds is 38. The lowest BCUT2D eigenvalue weighted by molar-refractivity contribution is -0.150. The Morgan fingerprint density at radius 3 is 1.47 bits per heavy atom. The molecule has 2 N–H and O–H groups in total. The van der Waals surface area contributed by atoms with Gasteiger partial charge in [0, 0.05) is 12.8 Å². The van der Waals surface area contributed by atoms with Crippen molar-refractivity contribution in [2.24, 2.45) is 0 Å². The molecule has 0 fully saturated rings. The Balaban J connectivity index is 4.19. The first-order chi connectivity index (χ1) is 25.0. The second-order valence-electron chi connectivity index (χ2n) is 14.2. The maximum atomic E-state index is 12.7. The smallest absolute Gasteiger partial charge is 0.322 e. The van der Waals surface area contributed by atoms with Gasteiger partial charge in [0.25, 0.3) is 0 Å². The summed E-state index contributed by atoms with van der Waals surface area (Å²) >= 11 is 0. The zero-order valence-electron chi connectivity index (χ0n) is 33.2. The SMILES string of the molecule is CCCCC/C=C\C/C=C\CCCC(CCCCCCCC(=O)NCC(=O)O)OC(=O)CCCCCCCCC/C=C\C/C=C\CCCCCC. The quantitative estimate of drug-likeness (QED) is 0.0377. The molecule has 294 valence electrons. The fraction of sp³-hybridized carbons (Fsp3) is 0.756. The molecule has 0 aromatic carbocycles. The first kappa shape index (κ1) is 48.4. The monoisotopic (exact) mass is 714 g/mol. The van der Waals surface area contributed by atoms with E-state index in [1.54, 1.807) is 0 Å². The first-order valence-electron chi connectivity index (χ1n) is 21.3. The third-order valence-corrected chi connectivity index (χ3v) is 9.22. The summed E-state index contributed by atoms with van der Waals surface area (Å²) in [6.07, 6.45) is 50.9. The highest BCUT2D eigenvalue weighted by molar-refractivity contribution is 5.80. The van der Waals surface area contributed by atoms with Gasteiger partial charge in [-0.1, -0.05) is 146 Å². The van der Waals surface area contributed by atoms with E-state index in [0.29, 0.717) is 12.8 Å². The van der Waals surface area contributed by atoms with E-state index in [0.717, 1.165) is 83.5 Å². The number of unbranched alkanes of at least 4 members (excludes halogenated alkanes) is 19. The number of ether oxygens (including phenoxy) is 1. The van der Waals surface area contributed by atoms with Crippen molar-refractivity contribution >= 4 is 17.8 Å². The standard InChI is InChI=1S/C45H79NO5/c1-3-5-7-9-11-13-15-16-17-18-19-20-21-23-25-27-32-36-40-45(50)51-42(37-33-29-26-24-22-14-12-10-8-6-4-2)38-34-30-28-31-35-39-43(47)46-41-44(48)49/h12-15,17-18,24,26,42H,3-11,16,19-23,25,27-41H2,1-2H3,(H,46,47)(H,48,49)/b14-12-,15-13-,18-17-,26-24-. The first-order valence-corrected chi connectivity index (χ1v) is 21.3. The fourth-order valence-electron chi connectivity index (χ4n) is 6.05. The van der Waals surface area contributed by atoms with Gasteiger partial charge < -0.3 is 15.2 Å². The van der Waals surface area contributed by atoms with Crippen LogP contribution >= 0.6 is 0 Å². The summed E-state index contributed by atoms with van der Waals surface area (Å²) in [6.45, 7) is 4.17. The second kappa shape index (κ2) is 40.1. The van der Waals surface area contributed by atoms with Gasteiger partial charge in [-0.3, -0.25) is 14.4 Å². The Kier molecular flexibility index (Phi) is 38.1. The summed E-state index contributed by atoms with van der Waals surface area (Å²) < 4.78 is 6.00. The second-order valence-corrected chi connectivity index (χ2v) is 14.2. The number of esters is 1. The maximum Gasteiger partial charge on any atom is 0.322 e. The van der Waals surface area contributed by atoms with Crippen LogP contribution in [0.1, 0.15) is 206 Å². The van der Waals surface area contributed by atoms with Gasteiger partial charge >= 0.3 is 11.9 Å². The summed E-state index contributed by atoms with van der Waals surface area (Å²) in [5, 5.41) is 11.1. The van der Waals surface area contributed by atoms with Crippen LogP contribution in [-0.2, 0) is 19.1 Å². The van der Waals surface area contributed by atoms with Crippen molar-refractivity contribution in [3.8, 4) is 0 Å². The topological polar surface area (TPSA) is 92.7 Å². The molecule has 0 saturated heterocycles. The van der Waals surface area contributed by atoms with Crippen LogP contribution in [-0.4, -0.2) is 35.6 Å². The molecule has 0 spiro atoms. The molecule has 1 unspecified atom stereocenters. The average Bonchev–Trinajstić information content (AvgIpc) is 3.11. The average molecular weight is 714 g/mol. The molecule has 6 heteroatoms. The van der Waals surface area contributed by atoms with Crippen molar-refractivity contribution < 1.29 is 24.2 Å². The van der Waals surface area contributed by atoms with Gasteiger partial charge in [-0.15, -0.1) is 0 Å². The van der Waals surface area contributed by atoms with Crippen molar-refractivity contribution in [3.05, 3.63) is 48.6 Å². The number of hydrogen-bond donors (Lipinski definition) is 2. The lowest BCUT2D eigenvalue weighted by Crippen LogP contribution is -2.28. The van der Waals surface area contributed by atoms with Gasteiger partial charge in [-0.05, 0) is 96.3 Å². The number of nitrogens with one attached hydrogen (secondary N) is 1. The van der Waals surface area contributed by atoms with E-state index in [1.807, 2.05) is 0 Å². The number of allylic oxidation sites excluding steroid dienone is 8. The van der Waals surface area contributed by atoms with Crippen LogP contribution in [0.4, 0.5) is 0 Å². The molecule has 51 heavy (non-hydrogen) atoms. The van der Waals surface area contributed by atoms with E-state index < -0.39 is 5.97 Å². The molecule has 0 heterocycles. The number of carbonyl (C=O) groups is 3. The van der Waals surface area contributed by atoms with Gasteiger partial charge in [0.15, 0.2) is 0 Å². The number of amides is 1. The molecular weight excluding hydrogens is 634 g/mol. The molecule has 0 bridgehead atoms. The summed E-state index contributed by atoms with van der Waals surface area (Å²) in [4.78, 5) is 35.0. The minimum Gasteiger partial charge on any atom is -0.480 e. The van der Waals surface area contributed by atoms with E-state index in [9.17, 15) is 14.4 Å². The Labute approximate surface area is 314 Å². The Morgan fingerprint density at radius 1 is 0.510 bits per heavy atom. The number of carboxylic acids is 1. The molecule has 0 saturated carbocycles. The zero-order valence-corrected chi connectivity index (χ0v) is 33.2. The number of carboxylic acid groups (broad SMARTS) is 1. The van der Waals surface area contributed by atoms with Crippen molar-refractivity contribution in [3.63, 3.8) is 0 Å². The Bertz CT molecular complexity index is 922. The highest BCUT2D eigenvalue weighted by atomic mass is 16.5. The van der Waals surface area contributed by atoms with Crippen molar-refractivity contribution in [2.75, 3.05) is 6.54 Å². The van der Waals surface area contributed by atoms with Gasteiger partial charge in [0.1, 0.15) is 12.6 Å². The maximum absolute atomic E-state index is 12.7. The third-order valence-electron chi connectivity index (χ3n) is 9.22. The molecule has 0 aliphatic rings. The predicted octanol–water partition coefficient (Wildman–Crippen LogP) is 13.1. The highest BCUT2D eigenvalue weighted by Gasteiger charge is 2.14. The number of carbonyl (C=O) groups excluding carboxylic acids is 2. The Hall–Kier alpha value is -2.63. The van der Waals surface area contributed by atoms with Gasteiger partial charge in [0.05, 0.1) is 0 Å². The number of aliphatic carboxylic acids is 1. The molecule has 0 aliphatic heterocycles. The van der Waals surface area contributed by atoms with Gasteiger partial charge in [0.2, 0.25) is 5.91 Å². The van der Waals surface area contributed by atoms with Crippen LogP contribution < -0.4 is 5.32 Å². The summed E-state index contributed by atoms with van der Waals surface area (Å²) in [6, 6.07) is 0. The largest absolute Gasteiger partial charge is 0.480 e. The van der Waals surface area contributed by atoms with Crippen LogP contribution in [0.15, 0.2) is 48.6 Å². The Morgan fingerprint density at radius 2 is 0.922 bits per heavy atom. The molecule has 1 atom stereocenters. The van der Waals surface area contributed by atoms with E-state index in [2.05, 4.69) is 67.8 Å². The summed E-state index contributed by atoms with van der Waals surface area (Å²) in [7, 11) is 0. The molecule has 6 nitrogen and oxygen atoms in total. The predicted molar refractivity (Wildman–Crippen MR) is 217 cm³/mol. The van der Waals surface area contributed by atoms with Gasteiger partial charge in [-0.2, -0.15) is 0 Å². The van der Waals surface area contributed by atoms with Gasteiger partial charge in [-0.25, -0.2) is 0 Å². The molecule has 0 aliphatic carbocycles. The molecule has 0 aromatic heterocycles. The molecule has 0 aromatic rings. The fourth-order valence-corrected chi connectivity index (χ4v) is 6.05. The van der Waals surface area contributed by atoms with E-state index >= 15 is 0 Å². The molecule has 0 rings (SSSR count). The summed E-state index contributed by atoms with van der Waals surface area (Å²) in [5.41, 5.74) is 0. The van der Waals surface area contributed by atoms with Crippen LogP contribution in [0.25, 0.3) is 0 Å². The highest BCUT2D eigenvalue weighted by Crippen LogP contribution is 2.18. The van der Waals surface area contributed by atoms with Crippen LogP contribution in [0, 0.1) is 0 Å². The van der Waals surface area contributed by atoms with E-state index in [4.69, 9.17) is 9.84 Å². The van der Waals surface area contributed by atoms with Crippen LogP contribution in [0.5, 0.6) is 0 Å². The summed E-state index contributed by atoms with van der Waals surface area (Å²) in [5.74, 6) is -1.27. The molecular formula is C45H79NO5. The van der Waals surface area contributed by atoms with E-state index in [-0.39, 0.29) is 24.5 Å². The van der Waals surface area contributed by atoms with Crippen LogP contribution in [0.3, 0.4) is 0 Å². The minimum atomic E-state index is -1.02. The lowest BCUT2D eigenvalue weighted by atomic mass is 10.0.